The summed E-state index contributed by atoms with van der Waals surface area (Å²) in [4.78, 5) is 12.7. The standard InChI is InChI=1S/C19H20ClNO5/c1-24-16-11-14(20)7-8-15(16)26-18(13-5-3-2-4-6-13)17-12-21(19(22)23)9-10-25-17/h2-8,11,17-18H,9-10,12H2,1H3,(H,22,23)/t17-,18?/m1/s1. The van der Waals surface area contributed by atoms with Crippen LogP contribution in [0.15, 0.2) is 48.5 Å². The zero-order valence-electron chi connectivity index (χ0n) is 14.3. The molecule has 1 aliphatic rings. The summed E-state index contributed by atoms with van der Waals surface area (Å²) < 4.78 is 17.4. The minimum atomic E-state index is -0.964. The predicted octanol–water partition coefficient (Wildman–Crippen LogP) is 3.85. The number of ether oxygens (including phenoxy) is 3. The lowest BCUT2D eigenvalue weighted by atomic mass is 10.0. The lowest BCUT2D eigenvalue weighted by molar-refractivity contribution is -0.0757. The fourth-order valence-corrected chi connectivity index (χ4v) is 3.07. The Hall–Kier alpha value is -2.44. The molecule has 0 aromatic heterocycles. The van der Waals surface area contributed by atoms with Gasteiger partial charge in [0.1, 0.15) is 6.10 Å². The van der Waals surface area contributed by atoms with Gasteiger partial charge in [-0.15, -0.1) is 0 Å². The molecule has 0 radical (unpaired) electrons. The van der Waals surface area contributed by atoms with Crippen LogP contribution in [-0.2, 0) is 4.74 Å². The predicted molar refractivity (Wildman–Crippen MR) is 97.2 cm³/mol. The molecule has 1 saturated heterocycles. The van der Waals surface area contributed by atoms with Gasteiger partial charge < -0.3 is 24.2 Å². The summed E-state index contributed by atoms with van der Waals surface area (Å²) in [5, 5.41) is 9.84. The van der Waals surface area contributed by atoms with Crippen LogP contribution in [0, 0.1) is 0 Å². The first-order valence-electron chi connectivity index (χ1n) is 8.23. The van der Waals surface area contributed by atoms with Crippen LogP contribution in [0.5, 0.6) is 11.5 Å². The maximum atomic E-state index is 11.4. The van der Waals surface area contributed by atoms with Gasteiger partial charge in [0.25, 0.3) is 0 Å². The molecule has 1 N–H and O–H groups in total. The summed E-state index contributed by atoms with van der Waals surface area (Å²) >= 11 is 6.02. The van der Waals surface area contributed by atoms with Gasteiger partial charge in [-0.25, -0.2) is 4.79 Å². The second-order valence-corrected chi connectivity index (χ2v) is 6.32. The summed E-state index contributed by atoms with van der Waals surface area (Å²) in [6.07, 6.45) is -1.90. The number of nitrogens with zero attached hydrogens (tertiary/aromatic N) is 1. The summed E-state index contributed by atoms with van der Waals surface area (Å²) in [5.41, 5.74) is 0.891. The molecular weight excluding hydrogens is 358 g/mol. The summed E-state index contributed by atoms with van der Waals surface area (Å²) in [5.74, 6) is 1.02. The van der Waals surface area contributed by atoms with Crippen molar-refractivity contribution in [3.63, 3.8) is 0 Å². The number of hydrogen-bond acceptors (Lipinski definition) is 4. The molecule has 138 valence electrons. The SMILES string of the molecule is COc1cc(Cl)ccc1OC(c1ccccc1)[C@H]1CN(C(=O)O)CCO1. The van der Waals surface area contributed by atoms with Gasteiger partial charge in [0.15, 0.2) is 17.6 Å². The van der Waals surface area contributed by atoms with Gasteiger partial charge in [-0.1, -0.05) is 41.9 Å². The second-order valence-electron chi connectivity index (χ2n) is 5.88. The van der Waals surface area contributed by atoms with Gasteiger partial charge in [0.2, 0.25) is 0 Å². The second kappa shape index (κ2) is 8.29. The lowest BCUT2D eigenvalue weighted by Gasteiger charge is -2.36. The van der Waals surface area contributed by atoms with Crippen molar-refractivity contribution in [1.29, 1.82) is 0 Å². The molecule has 7 heteroatoms. The van der Waals surface area contributed by atoms with Crippen molar-refractivity contribution in [3.8, 4) is 11.5 Å². The molecule has 0 saturated carbocycles. The van der Waals surface area contributed by atoms with Crippen LogP contribution in [-0.4, -0.2) is 49.0 Å². The number of halogens is 1. The van der Waals surface area contributed by atoms with E-state index in [9.17, 15) is 9.90 Å². The molecule has 26 heavy (non-hydrogen) atoms. The number of methoxy groups -OCH3 is 1. The first kappa shape index (κ1) is 18.4. The van der Waals surface area contributed by atoms with Gasteiger partial charge in [-0.2, -0.15) is 0 Å². The molecule has 0 bridgehead atoms. The molecule has 1 aliphatic heterocycles. The van der Waals surface area contributed by atoms with E-state index in [1.807, 2.05) is 30.3 Å². The van der Waals surface area contributed by atoms with Crippen molar-refractivity contribution < 1.29 is 24.1 Å². The Bertz CT molecular complexity index is 755. The molecule has 1 amide bonds. The topological polar surface area (TPSA) is 68.2 Å². The maximum absolute atomic E-state index is 11.4. The third kappa shape index (κ3) is 4.20. The van der Waals surface area contributed by atoms with E-state index >= 15 is 0 Å². The average molecular weight is 378 g/mol. The third-order valence-electron chi connectivity index (χ3n) is 4.21. The molecule has 1 heterocycles. The minimum absolute atomic E-state index is 0.227. The number of amides is 1. The smallest absolute Gasteiger partial charge is 0.407 e. The van der Waals surface area contributed by atoms with Crippen LogP contribution >= 0.6 is 11.6 Å². The number of hydrogen-bond donors (Lipinski definition) is 1. The normalized spacial score (nSPS) is 18.2. The first-order chi connectivity index (χ1) is 12.6. The number of carbonyl (C=O) groups is 1. The minimum Gasteiger partial charge on any atom is -0.493 e. The maximum Gasteiger partial charge on any atom is 0.407 e. The van der Waals surface area contributed by atoms with Crippen LogP contribution in [0.1, 0.15) is 11.7 Å². The van der Waals surface area contributed by atoms with E-state index in [1.165, 1.54) is 4.90 Å². The highest BCUT2D eigenvalue weighted by molar-refractivity contribution is 6.30. The Morgan fingerprint density at radius 2 is 2.04 bits per heavy atom. The van der Waals surface area contributed by atoms with Crippen LogP contribution in [0.25, 0.3) is 0 Å². The lowest BCUT2D eigenvalue weighted by Crippen LogP contribution is -2.48. The molecule has 2 atom stereocenters. The van der Waals surface area contributed by atoms with Crippen LogP contribution in [0.3, 0.4) is 0 Å². The van der Waals surface area contributed by atoms with E-state index in [0.717, 1.165) is 5.56 Å². The van der Waals surface area contributed by atoms with Crippen LogP contribution < -0.4 is 9.47 Å². The van der Waals surface area contributed by atoms with Crippen molar-refractivity contribution in [3.05, 3.63) is 59.1 Å². The number of rotatable bonds is 5. The zero-order chi connectivity index (χ0) is 18.5. The molecule has 2 aromatic rings. The average Bonchev–Trinajstić information content (AvgIpc) is 2.67. The molecule has 3 rings (SSSR count). The quantitative estimate of drug-likeness (QED) is 0.857. The van der Waals surface area contributed by atoms with Crippen molar-refractivity contribution in [2.75, 3.05) is 26.8 Å². The number of carboxylic acid groups (broad SMARTS) is 1. The van der Waals surface area contributed by atoms with Gasteiger partial charge in [-0.3, -0.25) is 0 Å². The van der Waals surface area contributed by atoms with E-state index < -0.39 is 18.3 Å². The van der Waals surface area contributed by atoms with Crippen molar-refractivity contribution in [2.45, 2.75) is 12.2 Å². The van der Waals surface area contributed by atoms with Gasteiger partial charge >= 0.3 is 6.09 Å². The largest absolute Gasteiger partial charge is 0.493 e. The summed E-state index contributed by atoms with van der Waals surface area (Å²) in [6.45, 7) is 0.893. The fourth-order valence-electron chi connectivity index (χ4n) is 2.91. The molecule has 6 nitrogen and oxygen atoms in total. The third-order valence-corrected chi connectivity index (χ3v) is 4.44. The Balaban J connectivity index is 1.91. The van der Waals surface area contributed by atoms with E-state index in [2.05, 4.69) is 0 Å². The van der Waals surface area contributed by atoms with Gasteiger partial charge in [-0.05, 0) is 17.7 Å². The van der Waals surface area contributed by atoms with E-state index in [1.54, 1.807) is 25.3 Å². The highest BCUT2D eigenvalue weighted by Crippen LogP contribution is 2.35. The fraction of sp³-hybridized carbons (Fsp3) is 0.316. The number of benzene rings is 2. The van der Waals surface area contributed by atoms with Crippen molar-refractivity contribution in [2.24, 2.45) is 0 Å². The molecule has 2 aromatic carbocycles. The Morgan fingerprint density at radius 3 is 2.73 bits per heavy atom. The zero-order valence-corrected chi connectivity index (χ0v) is 15.1. The first-order valence-corrected chi connectivity index (χ1v) is 8.61. The number of morpholine rings is 1. The Morgan fingerprint density at radius 1 is 1.27 bits per heavy atom. The Labute approximate surface area is 156 Å². The van der Waals surface area contributed by atoms with E-state index in [4.69, 9.17) is 25.8 Å². The Kier molecular flexibility index (Phi) is 5.85. The monoisotopic (exact) mass is 377 g/mol. The molecular formula is C19H20ClNO5. The van der Waals surface area contributed by atoms with Gasteiger partial charge in [0.05, 0.1) is 20.3 Å². The van der Waals surface area contributed by atoms with E-state index in [-0.39, 0.29) is 6.54 Å². The molecule has 1 fully saturated rings. The van der Waals surface area contributed by atoms with Gasteiger partial charge in [0, 0.05) is 17.6 Å². The molecule has 0 spiro atoms. The summed E-state index contributed by atoms with van der Waals surface area (Å²) in [7, 11) is 1.54. The van der Waals surface area contributed by atoms with Crippen LogP contribution in [0.2, 0.25) is 5.02 Å². The van der Waals surface area contributed by atoms with Crippen molar-refractivity contribution in [1.82, 2.24) is 4.90 Å². The molecule has 1 unspecified atom stereocenters. The molecule has 0 aliphatic carbocycles. The van der Waals surface area contributed by atoms with Crippen LogP contribution in [0.4, 0.5) is 4.79 Å². The van der Waals surface area contributed by atoms with E-state index in [0.29, 0.717) is 29.7 Å². The van der Waals surface area contributed by atoms with Crippen molar-refractivity contribution >= 4 is 17.7 Å². The highest BCUT2D eigenvalue weighted by Gasteiger charge is 2.33. The highest BCUT2D eigenvalue weighted by atomic mass is 35.5. The summed E-state index contributed by atoms with van der Waals surface area (Å²) in [6, 6.07) is 14.7.